The summed E-state index contributed by atoms with van der Waals surface area (Å²) >= 11 is 0. The number of benzene rings is 3. The number of fused-ring (bicyclic) bond motifs is 1. The van der Waals surface area contributed by atoms with Crippen molar-refractivity contribution in [3.8, 4) is 11.8 Å². The van der Waals surface area contributed by atoms with E-state index in [9.17, 15) is 28.3 Å². The van der Waals surface area contributed by atoms with Gasteiger partial charge < -0.3 is 9.84 Å². The molecule has 3 aromatic rings. The van der Waals surface area contributed by atoms with Gasteiger partial charge in [0, 0.05) is 11.5 Å². The largest absolute Gasteiger partial charge is 0.573 e. The average Bonchev–Trinajstić information content (AvgIpc) is 2.68. The number of rotatable bonds is 5. The Balaban J connectivity index is 2.35. The Labute approximate surface area is 164 Å². The van der Waals surface area contributed by atoms with Gasteiger partial charge in [-0.05, 0) is 29.3 Å². The third kappa shape index (κ3) is 3.87. The zero-order chi connectivity index (χ0) is 21.2. The average molecular weight is 399 g/mol. The number of carboxylic acid groups (broad SMARTS) is 1. The first-order valence-corrected chi connectivity index (χ1v) is 8.64. The van der Waals surface area contributed by atoms with Gasteiger partial charge in [-0.2, -0.15) is 5.26 Å². The molecule has 3 rings (SSSR count). The Morgan fingerprint density at radius 2 is 1.59 bits per heavy atom. The minimum atomic E-state index is -4.97. The summed E-state index contributed by atoms with van der Waals surface area (Å²) in [6.07, 6.45) is -4.97. The molecule has 0 saturated heterocycles. The second kappa shape index (κ2) is 7.47. The Bertz CT molecular complexity index is 1100. The van der Waals surface area contributed by atoms with Gasteiger partial charge in [-0.1, -0.05) is 60.7 Å². The van der Waals surface area contributed by atoms with Crippen molar-refractivity contribution < 1.29 is 27.8 Å². The lowest BCUT2D eigenvalue weighted by atomic mass is 9.69. The summed E-state index contributed by atoms with van der Waals surface area (Å²) in [7, 11) is 0. The highest BCUT2D eigenvalue weighted by Gasteiger charge is 2.46. The highest BCUT2D eigenvalue weighted by molar-refractivity contribution is 5.89. The molecule has 29 heavy (non-hydrogen) atoms. The summed E-state index contributed by atoms with van der Waals surface area (Å²) in [5.74, 6) is -3.20. The molecule has 1 N–H and O–H groups in total. The SMILES string of the molecule is CC(C#N)(C(=O)O)C(c1ccccc1OC(F)(F)F)c1cccc2ccccc12. The summed E-state index contributed by atoms with van der Waals surface area (Å²) in [6, 6.07) is 19.3. The van der Waals surface area contributed by atoms with Crippen LogP contribution >= 0.6 is 0 Å². The number of alkyl halides is 3. The Morgan fingerprint density at radius 3 is 2.24 bits per heavy atom. The van der Waals surface area contributed by atoms with Crippen LogP contribution in [0.25, 0.3) is 10.8 Å². The molecule has 0 amide bonds. The minimum absolute atomic E-state index is 0.0346. The maximum absolute atomic E-state index is 13.0. The molecule has 7 heteroatoms. The molecule has 0 aliphatic heterocycles. The molecule has 0 radical (unpaired) electrons. The number of para-hydroxylation sites is 1. The van der Waals surface area contributed by atoms with Crippen LogP contribution in [0.5, 0.6) is 5.75 Å². The second-order valence-electron chi connectivity index (χ2n) is 6.71. The summed E-state index contributed by atoms with van der Waals surface area (Å²) in [5, 5.41) is 21.0. The zero-order valence-electron chi connectivity index (χ0n) is 15.3. The quantitative estimate of drug-likeness (QED) is 0.616. The Kier molecular flexibility index (Phi) is 5.21. The van der Waals surface area contributed by atoms with Crippen molar-refractivity contribution in [2.24, 2.45) is 5.41 Å². The maximum atomic E-state index is 13.0. The van der Waals surface area contributed by atoms with Gasteiger partial charge in [-0.25, -0.2) is 0 Å². The molecule has 0 aliphatic rings. The van der Waals surface area contributed by atoms with Crippen LogP contribution in [0.3, 0.4) is 0 Å². The molecule has 0 saturated carbocycles. The number of ether oxygens (including phenoxy) is 1. The van der Waals surface area contributed by atoms with Gasteiger partial charge in [0.05, 0.1) is 6.07 Å². The Morgan fingerprint density at radius 1 is 1.00 bits per heavy atom. The van der Waals surface area contributed by atoms with E-state index >= 15 is 0 Å². The molecular weight excluding hydrogens is 383 g/mol. The molecule has 0 fully saturated rings. The van der Waals surface area contributed by atoms with Crippen LogP contribution in [-0.2, 0) is 4.79 Å². The predicted molar refractivity (Wildman–Crippen MR) is 100 cm³/mol. The molecule has 3 aromatic carbocycles. The lowest BCUT2D eigenvalue weighted by molar-refractivity contribution is -0.275. The minimum Gasteiger partial charge on any atom is -0.480 e. The molecule has 0 aromatic heterocycles. The van der Waals surface area contributed by atoms with E-state index in [2.05, 4.69) is 4.74 Å². The lowest BCUT2D eigenvalue weighted by Crippen LogP contribution is -2.34. The number of hydrogen-bond acceptors (Lipinski definition) is 3. The van der Waals surface area contributed by atoms with E-state index in [1.54, 1.807) is 48.5 Å². The van der Waals surface area contributed by atoms with E-state index in [1.807, 2.05) is 0 Å². The number of nitrogens with zero attached hydrogens (tertiary/aromatic N) is 1. The van der Waals surface area contributed by atoms with E-state index in [1.165, 1.54) is 25.1 Å². The van der Waals surface area contributed by atoms with Gasteiger partial charge in [0.2, 0.25) is 0 Å². The summed E-state index contributed by atoms with van der Waals surface area (Å²) in [6.45, 7) is 1.20. The van der Waals surface area contributed by atoms with Crippen molar-refractivity contribution in [3.05, 3.63) is 77.9 Å². The molecule has 0 heterocycles. The number of hydrogen-bond donors (Lipinski definition) is 1. The molecule has 4 nitrogen and oxygen atoms in total. The highest BCUT2D eigenvalue weighted by Crippen LogP contribution is 2.47. The van der Waals surface area contributed by atoms with Gasteiger partial charge in [0.25, 0.3) is 0 Å². The van der Waals surface area contributed by atoms with Crippen LogP contribution < -0.4 is 4.74 Å². The fourth-order valence-electron chi connectivity index (χ4n) is 3.46. The van der Waals surface area contributed by atoms with Crippen LogP contribution in [0.1, 0.15) is 24.0 Å². The van der Waals surface area contributed by atoms with E-state index in [-0.39, 0.29) is 5.56 Å². The topological polar surface area (TPSA) is 70.3 Å². The van der Waals surface area contributed by atoms with E-state index < -0.39 is 29.4 Å². The summed E-state index contributed by atoms with van der Waals surface area (Å²) < 4.78 is 43.1. The number of nitriles is 1. The Hall–Kier alpha value is -3.53. The highest BCUT2D eigenvalue weighted by atomic mass is 19.4. The fraction of sp³-hybridized carbons (Fsp3) is 0.182. The molecule has 0 bridgehead atoms. The third-order valence-electron chi connectivity index (χ3n) is 4.84. The first-order valence-electron chi connectivity index (χ1n) is 8.64. The predicted octanol–water partition coefficient (Wildman–Crippen LogP) is 5.48. The van der Waals surface area contributed by atoms with Crippen molar-refractivity contribution in [1.82, 2.24) is 0 Å². The van der Waals surface area contributed by atoms with Gasteiger partial charge >= 0.3 is 12.3 Å². The van der Waals surface area contributed by atoms with Gasteiger partial charge in [0.1, 0.15) is 5.75 Å². The van der Waals surface area contributed by atoms with Crippen molar-refractivity contribution in [3.63, 3.8) is 0 Å². The molecule has 0 aliphatic carbocycles. The first-order chi connectivity index (χ1) is 13.7. The van der Waals surface area contributed by atoms with E-state index in [0.29, 0.717) is 10.9 Å². The van der Waals surface area contributed by atoms with Crippen LogP contribution in [0.2, 0.25) is 0 Å². The smallest absolute Gasteiger partial charge is 0.480 e. The van der Waals surface area contributed by atoms with Crippen LogP contribution in [0.4, 0.5) is 13.2 Å². The normalized spacial score (nSPS) is 14.6. The molecule has 148 valence electrons. The third-order valence-corrected chi connectivity index (χ3v) is 4.84. The van der Waals surface area contributed by atoms with E-state index in [4.69, 9.17) is 0 Å². The van der Waals surface area contributed by atoms with Crippen molar-refractivity contribution in [2.75, 3.05) is 0 Å². The van der Waals surface area contributed by atoms with Gasteiger partial charge in [0.15, 0.2) is 5.41 Å². The number of carbonyl (C=O) groups is 1. The molecule has 2 unspecified atom stereocenters. The molecule has 0 spiro atoms. The second-order valence-corrected chi connectivity index (χ2v) is 6.71. The first kappa shape index (κ1) is 20.2. The number of aliphatic carboxylic acids is 1. The van der Waals surface area contributed by atoms with Gasteiger partial charge in [-0.3, -0.25) is 4.79 Å². The van der Waals surface area contributed by atoms with Crippen molar-refractivity contribution >= 4 is 16.7 Å². The van der Waals surface area contributed by atoms with Crippen LogP contribution in [0.15, 0.2) is 66.7 Å². The molecule has 2 atom stereocenters. The van der Waals surface area contributed by atoms with E-state index in [0.717, 1.165) is 11.5 Å². The van der Waals surface area contributed by atoms with Crippen molar-refractivity contribution in [2.45, 2.75) is 19.2 Å². The van der Waals surface area contributed by atoms with Crippen molar-refractivity contribution in [1.29, 1.82) is 5.26 Å². The lowest BCUT2D eigenvalue weighted by Gasteiger charge is -2.31. The molecular formula is C22H16F3NO3. The van der Waals surface area contributed by atoms with Gasteiger partial charge in [-0.15, -0.1) is 13.2 Å². The monoisotopic (exact) mass is 399 g/mol. The number of halogens is 3. The zero-order valence-corrected chi connectivity index (χ0v) is 15.3. The fourth-order valence-corrected chi connectivity index (χ4v) is 3.46. The van der Waals surface area contributed by atoms with Crippen LogP contribution in [0, 0.1) is 16.7 Å². The summed E-state index contributed by atoms with van der Waals surface area (Å²) in [5.41, 5.74) is -1.66. The van der Waals surface area contributed by atoms with Crippen LogP contribution in [-0.4, -0.2) is 17.4 Å². The summed E-state index contributed by atoms with van der Waals surface area (Å²) in [4.78, 5) is 12.1. The standard InChI is InChI=1S/C22H16F3NO3/c1-21(13-26,20(27)28)19(16-11-6-8-14-7-2-3-9-15(14)16)17-10-4-5-12-18(17)29-22(23,24)25/h2-12,19H,1H3,(H,27,28). The maximum Gasteiger partial charge on any atom is 0.573 e. The number of carboxylic acids is 1.